The van der Waals surface area contributed by atoms with E-state index in [9.17, 15) is 9.59 Å². The third kappa shape index (κ3) is 4.19. The molecule has 1 saturated carbocycles. The van der Waals surface area contributed by atoms with Crippen LogP contribution in [0.5, 0.6) is 0 Å². The average molecular weight is 266 g/mol. The van der Waals surface area contributed by atoms with Gasteiger partial charge in [0.05, 0.1) is 17.3 Å². The summed E-state index contributed by atoms with van der Waals surface area (Å²) in [5, 5.41) is 9.05. The molecule has 19 heavy (non-hydrogen) atoms. The molecule has 0 saturated heterocycles. The summed E-state index contributed by atoms with van der Waals surface area (Å²) < 4.78 is 0. The van der Waals surface area contributed by atoms with Gasteiger partial charge < -0.3 is 10.8 Å². The zero-order valence-corrected chi connectivity index (χ0v) is 11.6. The zero-order chi connectivity index (χ0) is 14.4. The molecule has 5 nitrogen and oxygen atoms in total. The highest BCUT2D eigenvalue weighted by molar-refractivity contribution is 6.19. The van der Waals surface area contributed by atoms with Gasteiger partial charge in [0.2, 0.25) is 0 Å². The van der Waals surface area contributed by atoms with Gasteiger partial charge in [-0.05, 0) is 39.0 Å². The summed E-state index contributed by atoms with van der Waals surface area (Å²) in [5.41, 5.74) is 5.97. The number of hydrogen-bond acceptors (Lipinski definition) is 4. The molecule has 1 rings (SSSR count). The molecule has 1 aliphatic rings. The molecule has 0 heterocycles. The van der Waals surface area contributed by atoms with E-state index in [4.69, 9.17) is 10.8 Å². The van der Waals surface area contributed by atoms with Crippen molar-refractivity contribution in [1.82, 2.24) is 0 Å². The average Bonchev–Trinajstić information content (AvgIpc) is 2.38. The minimum absolute atomic E-state index is 0.0798. The van der Waals surface area contributed by atoms with Gasteiger partial charge >= 0.3 is 5.97 Å². The molecule has 0 bridgehead atoms. The summed E-state index contributed by atoms with van der Waals surface area (Å²) in [7, 11) is 0. The molecule has 0 aromatic heterocycles. The fourth-order valence-electron chi connectivity index (χ4n) is 2.47. The largest absolute Gasteiger partial charge is 0.478 e. The summed E-state index contributed by atoms with van der Waals surface area (Å²) in [6, 6.07) is 0.111. The summed E-state index contributed by atoms with van der Waals surface area (Å²) in [6.07, 6.45) is 5.01. The topological polar surface area (TPSA) is 92.8 Å². The molecule has 0 atom stereocenters. The normalized spacial score (nSPS) is 25.2. The Morgan fingerprint density at radius 1 is 1.32 bits per heavy atom. The van der Waals surface area contributed by atoms with Gasteiger partial charge in [-0.3, -0.25) is 9.79 Å². The Labute approximate surface area is 113 Å². The molecule has 0 amide bonds. The van der Waals surface area contributed by atoms with Crippen LogP contribution in [0.2, 0.25) is 0 Å². The summed E-state index contributed by atoms with van der Waals surface area (Å²) in [6.45, 7) is 3.50. The van der Waals surface area contributed by atoms with Crippen LogP contribution in [0.1, 0.15) is 46.0 Å². The van der Waals surface area contributed by atoms with Gasteiger partial charge in [0, 0.05) is 12.1 Å². The summed E-state index contributed by atoms with van der Waals surface area (Å²) in [5.74, 6) is -0.646. The van der Waals surface area contributed by atoms with Crippen LogP contribution in [0, 0.1) is 5.92 Å². The molecule has 1 fully saturated rings. The first-order valence-corrected chi connectivity index (χ1v) is 6.72. The second-order valence-electron chi connectivity index (χ2n) is 4.93. The van der Waals surface area contributed by atoms with Gasteiger partial charge in [-0.1, -0.05) is 6.92 Å². The second kappa shape index (κ2) is 7.07. The van der Waals surface area contributed by atoms with Gasteiger partial charge in [-0.15, -0.1) is 0 Å². The number of carbonyl (C=O) groups is 2. The molecule has 0 aliphatic heterocycles. The Balaban J connectivity index is 2.73. The number of aliphatic imine (C=N–C) groups is 1. The molecule has 0 spiro atoms. The lowest BCUT2D eigenvalue weighted by Crippen LogP contribution is -2.24. The quantitative estimate of drug-likeness (QED) is 0.587. The van der Waals surface area contributed by atoms with E-state index in [1.807, 2.05) is 6.92 Å². The molecule has 3 N–H and O–H groups in total. The maximum absolute atomic E-state index is 11.3. The van der Waals surface area contributed by atoms with Gasteiger partial charge in [0.15, 0.2) is 0 Å². The second-order valence-corrected chi connectivity index (χ2v) is 4.93. The number of carbonyl (C=O) groups excluding carboxylic acids is 1. The number of aliphatic carboxylic acids is 1. The first kappa shape index (κ1) is 15.4. The van der Waals surface area contributed by atoms with Crippen molar-refractivity contribution in [2.75, 3.05) is 0 Å². The molecular weight excluding hydrogens is 244 g/mol. The van der Waals surface area contributed by atoms with Crippen molar-refractivity contribution in [1.29, 1.82) is 0 Å². The lowest BCUT2D eigenvalue weighted by molar-refractivity contribution is -0.132. The number of Topliss-reactive ketones (excluding diaryl/α,β-unsaturated/α-hetero) is 1. The molecular formula is C14H22N2O3. The Morgan fingerprint density at radius 2 is 1.89 bits per heavy atom. The van der Waals surface area contributed by atoms with E-state index >= 15 is 0 Å². The predicted octanol–water partition coefficient (Wildman–Crippen LogP) is 1.91. The van der Waals surface area contributed by atoms with Crippen molar-refractivity contribution in [3.8, 4) is 0 Å². The number of hydrogen-bond donors (Lipinski definition) is 2. The highest BCUT2D eigenvalue weighted by Crippen LogP contribution is 2.27. The molecule has 1 aliphatic carbocycles. The molecule has 0 unspecified atom stereocenters. The van der Waals surface area contributed by atoms with Crippen molar-refractivity contribution >= 4 is 17.5 Å². The number of carboxylic acid groups (broad SMARTS) is 1. The molecule has 0 aromatic rings. The van der Waals surface area contributed by atoms with E-state index in [0.29, 0.717) is 12.1 Å². The third-order valence-electron chi connectivity index (χ3n) is 3.65. The lowest BCUT2D eigenvalue weighted by Gasteiger charge is -2.25. The van der Waals surface area contributed by atoms with Crippen molar-refractivity contribution in [2.45, 2.75) is 52.0 Å². The summed E-state index contributed by atoms with van der Waals surface area (Å²) >= 11 is 0. The maximum Gasteiger partial charge on any atom is 0.339 e. The van der Waals surface area contributed by atoms with E-state index in [1.54, 1.807) is 6.92 Å². The van der Waals surface area contributed by atoms with Gasteiger partial charge in [-0.2, -0.15) is 0 Å². The van der Waals surface area contributed by atoms with Crippen LogP contribution in [0.3, 0.4) is 0 Å². The van der Waals surface area contributed by atoms with Crippen LogP contribution in [0.25, 0.3) is 0 Å². The monoisotopic (exact) mass is 266 g/mol. The minimum atomic E-state index is -1.04. The van der Waals surface area contributed by atoms with Crippen molar-refractivity contribution < 1.29 is 14.7 Å². The van der Waals surface area contributed by atoms with Crippen LogP contribution in [0.4, 0.5) is 0 Å². The number of carboxylic acids is 1. The third-order valence-corrected chi connectivity index (χ3v) is 3.65. The van der Waals surface area contributed by atoms with Gasteiger partial charge in [-0.25, -0.2) is 4.79 Å². The number of nitrogens with two attached hydrogens (primary N) is 1. The minimum Gasteiger partial charge on any atom is -0.478 e. The first-order valence-electron chi connectivity index (χ1n) is 6.72. The van der Waals surface area contributed by atoms with E-state index in [-0.39, 0.29) is 23.3 Å². The Morgan fingerprint density at radius 3 is 2.26 bits per heavy atom. The van der Waals surface area contributed by atoms with Gasteiger partial charge in [0.1, 0.15) is 5.78 Å². The number of nitrogens with zero attached hydrogens (tertiary/aromatic N) is 1. The van der Waals surface area contributed by atoms with E-state index in [2.05, 4.69) is 4.99 Å². The molecule has 5 heteroatoms. The SMILES string of the molecule is CCC(=NC1CCC(C(C)=O)CC1)C(=CN)C(=O)O. The highest BCUT2D eigenvalue weighted by Gasteiger charge is 2.24. The Bertz CT molecular complexity index is 405. The predicted molar refractivity (Wildman–Crippen MR) is 74.1 cm³/mol. The van der Waals surface area contributed by atoms with Crippen LogP contribution in [-0.4, -0.2) is 28.6 Å². The van der Waals surface area contributed by atoms with Crippen molar-refractivity contribution in [2.24, 2.45) is 16.6 Å². The smallest absolute Gasteiger partial charge is 0.339 e. The Kier molecular flexibility index (Phi) is 5.73. The molecule has 106 valence electrons. The summed E-state index contributed by atoms with van der Waals surface area (Å²) in [4.78, 5) is 26.8. The van der Waals surface area contributed by atoms with Crippen LogP contribution in [0.15, 0.2) is 16.8 Å². The molecule has 0 aromatic carbocycles. The maximum atomic E-state index is 11.3. The Hall–Kier alpha value is -1.65. The van der Waals surface area contributed by atoms with E-state index in [0.717, 1.165) is 31.9 Å². The fourth-order valence-corrected chi connectivity index (χ4v) is 2.47. The van der Waals surface area contributed by atoms with Crippen molar-refractivity contribution in [3.63, 3.8) is 0 Å². The lowest BCUT2D eigenvalue weighted by atomic mass is 9.84. The van der Waals surface area contributed by atoms with Gasteiger partial charge in [0.25, 0.3) is 0 Å². The number of ketones is 1. The zero-order valence-electron chi connectivity index (χ0n) is 11.6. The van der Waals surface area contributed by atoms with Crippen molar-refractivity contribution in [3.05, 3.63) is 11.8 Å². The number of rotatable bonds is 5. The van der Waals surface area contributed by atoms with Crippen LogP contribution in [-0.2, 0) is 9.59 Å². The molecule has 0 radical (unpaired) electrons. The van der Waals surface area contributed by atoms with E-state index < -0.39 is 5.97 Å². The first-order chi connectivity index (χ1) is 8.99. The van der Waals surface area contributed by atoms with Crippen LogP contribution < -0.4 is 5.73 Å². The standard InChI is InChI=1S/C14H22N2O3/c1-3-13(12(8-15)14(18)19)16-11-6-4-10(5-7-11)9(2)17/h8,10-11H,3-7,15H2,1-2H3,(H,18,19). The highest BCUT2D eigenvalue weighted by atomic mass is 16.4. The van der Waals surface area contributed by atoms with E-state index in [1.165, 1.54) is 0 Å². The van der Waals surface area contributed by atoms with Crippen LogP contribution >= 0.6 is 0 Å². The fraction of sp³-hybridized carbons (Fsp3) is 0.643.